The van der Waals surface area contributed by atoms with Crippen LogP contribution in [0.3, 0.4) is 0 Å². The maximum absolute atomic E-state index is 12.8. The molecule has 24 heavy (non-hydrogen) atoms. The summed E-state index contributed by atoms with van der Waals surface area (Å²) in [5.41, 5.74) is -0.638. The number of benzene rings is 2. The lowest BCUT2D eigenvalue weighted by Gasteiger charge is -2.10. The summed E-state index contributed by atoms with van der Waals surface area (Å²) in [5, 5.41) is 0. The van der Waals surface area contributed by atoms with Gasteiger partial charge in [-0.15, -0.1) is 0 Å². The SMILES string of the molecule is COc1ccc(C(=O)/C(=C/c2ccccc2)C(=O)C(F)(F)F)cc1. The lowest BCUT2D eigenvalue weighted by molar-refractivity contribution is -0.166. The zero-order valence-electron chi connectivity index (χ0n) is 12.6. The van der Waals surface area contributed by atoms with Crippen molar-refractivity contribution >= 4 is 17.6 Å². The molecule has 0 aromatic heterocycles. The topological polar surface area (TPSA) is 43.4 Å². The van der Waals surface area contributed by atoms with Gasteiger partial charge in [-0.05, 0) is 35.9 Å². The van der Waals surface area contributed by atoms with Crippen LogP contribution in [0.15, 0.2) is 60.2 Å². The Kier molecular flexibility index (Phi) is 5.18. The molecule has 0 atom stereocenters. The Morgan fingerprint density at radius 2 is 1.54 bits per heavy atom. The van der Waals surface area contributed by atoms with Crippen LogP contribution in [0.5, 0.6) is 5.75 Å². The average molecular weight is 334 g/mol. The fraction of sp³-hybridized carbons (Fsp3) is 0.111. The number of ether oxygens (including phenoxy) is 1. The molecule has 0 bridgehead atoms. The maximum Gasteiger partial charge on any atom is 0.455 e. The standard InChI is InChI=1S/C18H13F3O3/c1-24-14-9-7-13(8-10-14)16(22)15(17(23)18(19,20)21)11-12-5-3-2-4-6-12/h2-11H,1H3/b15-11-. The number of carbonyl (C=O) groups excluding carboxylic acids is 2. The minimum Gasteiger partial charge on any atom is -0.497 e. The Labute approximate surface area is 136 Å². The molecule has 0 fully saturated rings. The molecule has 2 aromatic rings. The van der Waals surface area contributed by atoms with Gasteiger partial charge >= 0.3 is 6.18 Å². The number of allylic oxidation sites excluding steroid dienone is 1. The zero-order valence-corrected chi connectivity index (χ0v) is 12.6. The normalized spacial score (nSPS) is 11.9. The van der Waals surface area contributed by atoms with Crippen molar-refractivity contribution in [3.63, 3.8) is 0 Å². The Balaban J connectivity index is 2.47. The second-order valence-electron chi connectivity index (χ2n) is 4.85. The number of rotatable bonds is 5. The molecule has 0 spiro atoms. The molecule has 2 aromatic carbocycles. The van der Waals surface area contributed by atoms with Crippen LogP contribution >= 0.6 is 0 Å². The van der Waals surface area contributed by atoms with Gasteiger partial charge in [-0.25, -0.2) is 0 Å². The molecule has 0 aliphatic carbocycles. The van der Waals surface area contributed by atoms with Crippen molar-refractivity contribution in [2.75, 3.05) is 7.11 Å². The fourth-order valence-corrected chi connectivity index (χ4v) is 2.00. The second-order valence-corrected chi connectivity index (χ2v) is 4.85. The van der Waals surface area contributed by atoms with Crippen LogP contribution in [0, 0.1) is 0 Å². The smallest absolute Gasteiger partial charge is 0.455 e. The van der Waals surface area contributed by atoms with Gasteiger partial charge in [0.15, 0.2) is 5.78 Å². The monoisotopic (exact) mass is 334 g/mol. The highest BCUT2D eigenvalue weighted by Crippen LogP contribution is 2.25. The van der Waals surface area contributed by atoms with Crippen LogP contribution in [0.4, 0.5) is 13.2 Å². The molecule has 124 valence electrons. The van der Waals surface area contributed by atoms with Crippen LogP contribution in [-0.2, 0) is 4.79 Å². The number of carbonyl (C=O) groups is 2. The highest BCUT2D eigenvalue weighted by molar-refractivity contribution is 6.30. The first-order valence-electron chi connectivity index (χ1n) is 6.90. The van der Waals surface area contributed by atoms with E-state index in [1.54, 1.807) is 18.2 Å². The lowest BCUT2D eigenvalue weighted by Crippen LogP contribution is -2.28. The molecule has 0 aliphatic rings. The third kappa shape index (κ3) is 4.10. The van der Waals surface area contributed by atoms with E-state index in [1.807, 2.05) is 0 Å². The fourth-order valence-electron chi connectivity index (χ4n) is 2.00. The molecule has 0 radical (unpaired) electrons. The molecular formula is C18H13F3O3. The van der Waals surface area contributed by atoms with Gasteiger partial charge in [-0.1, -0.05) is 30.3 Å². The van der Waals surface area contributed by atoms with E-state index in [4.69, 9.17) is 4.74 Å². The molecule has 0 saturated carbocycles. The van der Waals surface area contributed by atoms with Crippen molar-refractivity contribution in [1.29, 1.82) is 0 Å². The summed E-state index contributed by atoms with van der Waals surface area (Å²) in [6.45, 7) is 0. The lowest BCUT2D eigenvalue weighted by atomic mass is 9.97. The van der Waals surface area contributed by atoms with Crippen LogP contribution in [0.25, 0.3) is 6.08 Å². The van der Waals surface area contributed by atoms with Gasteiger partial charge in [0.1, 0.15) is 5.75 Å². The number of halogens is 3. The minimum absolute atomic E-state index is 0.0319. The molecule has 0 N–H and O–H groups in total. The van der Waals surface area contributed by atoms with E-state index in [0.717, 1.165) is 6.08 Å². The third-order valence-corrected chi connectivity index (χ3v) is 3.21. The molecule has 2 rings (SSSR count). The third-order valence-electron chi connectivity index (χ3n) is 3.21. The quantitative estimate of drug-likeness (QED) is 0.358. The largest absolute Gasteiger partial charge is 0.497 e. The molecule has 0 unspecified atom stereocenters. The Hall–Kier alpha value is -2.89. The zero-order chi connectivity index (χ0) is 17.7. The van der Waals surface area contributed by atoms with Gasteiger partial charge in [-0.3, -0.25) is 9.59 Å². The maximum atomic E-state index is 12.8. The van der Waals surface area contributed by atoms with Crippen molar-refractivity contribution in [2.45, 2.75) is 6.18 Å². The van der Waals surface area contributed by atoms with Crippen molar-refractivity contribution in [2.24, 2.45) is 0 Å². The van der Waals surface area contributed by atoms with E-state index < -0.39 is 23.3 Å². The molecule has 0 amide bonds. The highest BCUT2D eigenvalue weighted by atomic mass is 19.4. The molecule has 0 saturated heterocycles. The summed E-state index contributed by atoms with van der Waals surface area (Å²) >= 11 is 0. The number of Topliss-reactive ketones (excluding diaryl/α,β-unsaturated/α-hetero) is 2. The predicted octanol–water partition coefficient (Wildman–Crippen LogP) is 4.09. The van der Waals surface area contributed by atoms with Crippen molar-refractivity contribution in [3.8, 4) is 5.75 Å². The minimum atomic E-state index is -5.14. The number of methoxy groups -OCH3 is 1. The van der Waals surface area contributed by atoms with E-state index in [2.05, 4.69) is 0 Å². The van der Waals surface area contributed by atoms with Crippen LogP contribution < -0.4 is 4.74 Å². The number of ketones is 2. The first kappa shape index (κ1) is 17.5. The van der Waals surface area contributed by atoms with Crippen LogP contribution in [-0.4, -0.2) is 24.9 Å². The number of alkyl halides is 3. The Morgan fingerprint density at radius 3 is 2.04 bits per heavy atom. The predicted molar refractivity (Wildman–Crippen MR) is 82.8 cm³/mol. The Bertz CT molecular complexity index is 760. The second kappa shape index (κ2) is 7.12. The van der Waals surface area contributed by atoms with E-state index in [9.17, 15) is 22.8 Å². The molecule has 3 nitrogen and oxygen atoms in total. The molecule has 6 heteroatoms. The molecule has 0 heterocycles. The van der Waals surface area contributed by atoms with Crippen LogP contribution in [0.1, 0.15) is 15.9 Å². The van der Waals surface area contributed by atoms with Crippen molar-refractivity contribution in [3.05, 3.63) is 71.3 Å². The summed E-state index contributed by atoms with van der Waals surface area (Å²) in [4.78, 5) is 24.1. The highest BCUT2D eigenvalue weighted by Gasteiger charge is 2.42. The van der Waals surface area contributed by atoms with Crippen molar-refractivity contribution < 1.29 is 27.5 Å². The van der Waals surface area contributed by atoms with E-state index in [1.165, 1.54) is 43.5 Å². The van der Waals surface area contributed by atoms with Gasteiger partial charge in [0.2, 0.25) is 0 Å². The van der Waals surface area contributed by atoms with Gasteiger partial charge in [0, 0.05) is 5.56 Å². The van der Waals surface area contributed by atoms with E-state index in [-0.39, 0.29) is 5.56 Å². The molecule has 0 aliphatic heterocycles. The van der Waals surface area contributed by atoms with Gasteiger partial charge in [-0.2, -0.15) is 13.2 Å². The first-order chi connectivity index (χ1) is 11.3. The summed E-state index contributed by atoms with van der Waals surface area (Å²) in [6.07, 6.45) is -4.19. The summed E-state index contributed by atoms with van der Waals surface area (Å²) in [5.74, 6) is -2.72. The first-order valence-corrected chi connectivity index (χ1v) is 6.90. The summed E-state index contributed by atoms with van der Waals surface area (Å²) in [7, 11) is 1.42. The van der Waals surface area contributed by atoms with Crippen LogP contribution in [0.2, 0.25) is 0 Å². The van der Waals surface area contributed by atoms with Crippen molar-refractivity contribution in [1.82, 2.24) is 0 Å². The molecular weight excluding hydrogens is 321 g/mol. The van der Waals surface area contributed by atoms with Gasteiger partial charge in [0.25, 0.3) is 5.78 Å². The number of hydrogen-bond donors (Lipinski definition) is 0. The summed E-state index contributed by atoms with van der Waals surface area (Å²) in [6, 6.07) is 13.4. The van der Waals surface area contributed by atoms with E-state index in [0.29, 0.717) is 11.3 Å². The number of hydrogen-bond acceptors (Lipinski definition) is 3. The van der Waals surface area contributed by atoms with Gasteiger partial charge < -0.3 is 4.74 Å². The Morgan fingerprint density at radius 1 is 0.958 bits per heavy atom. The van der Waals surface area contributed by atoms with Gasteiger partial charge in [0.05, 0.1) is 12.7 Å². The summed E-state index contributed by atoms with van der Waals surface area (Å²) < 4.78 is 43.4. The average Bonchev–Trinajstić information content (AvgIpc) is 2.58. The van der Waals surface area contributed by atoms with E-state index >= 15 is 0 Å².